The van der Waals surface area contributed by atoms with E-state index in [4.69, 9.17) is 11.6 Å². The summed E-state index contributed by atoms with van der Waals surface area (Å²) >= 11 is 5.61. The molecule has 21 heavy (non-hydrogen) atoms. The predicted molar refractivity (Wildman–Crippen MR) is 76.4 cm³/mol. The fourth-order valence-electron chi connectivity index (χ4n) is 2.49. The monoisotopic (exact) mass is 313 g/mol. The van der Waals surface area contributed by atoms with E-state index in [0.29, 0.717) is 18.4 Å². The van der Waals surface area contributed by atoms with Crippen LogP contribution in [0.25, 0.3) is 0 Å². The Morgan fingerprint density at radius 1 is 1.43 bits per heavy atom. The second-order valence-corrected chi connectivity index (χ2v) is 6.02. The summed E-state index contributed by atoms with van der Waals surface area (Å²) in [7, 11) is 1.59. The Morgan fingerprint density at radius 2 is 2.10 bits per heavy atom. The first kappa shape index (κ1) is 15.8. The van der Waals surface area contributed by atoms with E-state index < -0.39 is 17.2 Å². The molecule has 0 bridgehead atoms. The van der Waals surface area contributed by atoms with Crippen LogP contribution in [0, 0.1) is 11.2 Å². The van der Waals surface area contributed by atoms with Crippen molar-refractivity contribution >= 4 is 23.5 Å². The second-order valence-electron chi connectivity index (χ2n) is 5.61. The molecule has 1 fully saturated rings. The Labute approximate surface area is 127 Å². The number of carbonyl (C=O) groups excluding carboxylic acids is 1. The van der Waals surface area contributed by atoms with E-state index in [-0.39, 0.29) is 23.9 Å². The molecule has 0 radical (unpaired) electrons. The third-order valence-electron chi connectivity index (χ3n) is 4.08. The Hall–Kier alpha value is -1.62. The number of carboxylic acid groups (broad SMARTS) is 1. The van der Waals surface area contributed by atoms with Gasteiger partial charge in [-0.15, -0.1) is 0 Å². The number of halogens is 2. The maximum Gasteiger partial charge on any atom is 0.310 e. The number of benzene rings is 1. The fraction of sp³-hybridized carbons (Fsp3) is 0.467. The lowest BCUT2D eigenvalue weighted by molar-refractivity contribution is -0.159. The van der Waals surface area contributed by atoms with Gasteiger partial charge in [0.1, 0.15) is 5.82 Å². The van der Waals surface area contributed by atoms with Crippen molar-refractivity contribution in [1.82, 2.24) is 4.90 Å². The van der Waals surface area contributed by atoms with Crippen LogP contribution in [0.15, 0.2) is 18.2 Å². The third-order valence-corrected chi connectivity index (χ3v) is 4.39. The van der Waals surface area contributed by atoms with Crippen molar-refractivity contribution in [3.05, 3.63) is 34.6 Å². The number of nitrogens with zero attached hydrogens (tertiary/aromatic N) is 1. The van der Waals surface area contributed by atoms with Crippen molar-refractivity contribution in [2.45, 2.75) is 32.2 Å². The summed E-state index contributed by atoms with van der Waals surface area (Å²) in [4.78, 5) is 24.8. The lowest BCUT2D eigenvalue weighted by atomic mass is 9.66. The molecule has 0 aromatic heterocycles. The smallest absolute Gasteiger partial charge is 0.310 e. The normalized spacial score (nSPS) is 16.1. The van der Waals surface area contributed by atoms with Crippen LogP contribution in [0.4, 0.5) is 4.39 Å². The average Bonchev–Trinajstić information content (AvgIpc) is 2.37. The van der Waals surface area contributed by atoms with E-state index in [1.165, 1.54) is 17.0 Å². The van der Waals surface area contributed by atoms with Gasteiger partial charge in [0.05, 0.1) is 10.4 Å². The molecule has 0 aliphatic heterocycles. The van der Waals surface area contributed by atoms with Gasteiger partial charge >= 0.3 is 5.97 Å². The van der Waals surface area contributed by atoms with Crippen molar-refractivity contribution in [1.29, 1.82) is 0 Å². The third kappa shape index (κ3) is 3.35. The summed E-state index contributed by atoms with van der Waals surface area (Å²) in [6.45, 7) is 0.225. The average molecular weight is 314 g/mol. The van der Waals surface area contributed by atoms with E-state index >= 15 is 0 Å². The van der Waals surface area contributed by atoms with Crippen LogP contribution in [0.5, 0.6) is 0 Å². The highest BCUT2D eigenvalue weighted by Gasteiger charge is 2.46. The number of rotatable bonds is 5. The van der Waals surface area contributed by atoms with Crippen LogP contribution in [-0.4, -0.2) is 28.9 Å². The number of amides is 1. The number of hydrogen-bond acceptors (Lipinski definition) is 2. The van der Waals surface area contributed by atoms with Crippen LogP contribution >= 0.6 is 11.6 Å². The Bertz CT molecular complexity index is 572. The van der Waals surface area contributed by atoms with Gasteiger partial charge in [-0.2, -0.15) is 0 Å². The number of hydrogen-bond donors (Lipinski definition) is 1. The fourth-order valence-corrected chi connectivity index (χ4v) is 2.61. The molecule has 1 aromatic carbocycles. The van der Waals surface area contributed by atoms with Gasteiger partial charge in [-0.05, 0) is 30.5 Å². The van der Waals surface area contributed by atoms with Gasteiger partial charge in [-0.3, -0.25) is 9.59 Å². The minimum atomic E-state index is -0.909. The van der Waals surface area contributed by atoms with Gasteiger partial charge in [0.2, 0.25) is 5.91 Å². The maximum atomic E-state index is 13.4. The molecule has 1 aliphatic carbocycles. The Kier molecular flexibility index (Phi) is 4.52. The predicted octanol–water partition coefficient (Wildman–Crippen LogP) is 3.08. The number of aliphatic carboxylic acids is 1. The molecule has 0 unspecified atom stereocenters. The first-order valence-electron chi connectivity index (χ1n) is 6.75. The Balaban J connectivity index is 1.99. The SMILES string of the molecule is CN(Cc1ccc(Cl)c(F)c1)C(=O)CC1(C(=O)O)CCC1. The van der Waals surface area contributed by atoms with Gasteiger partial charge in [0.15, 0.2) is 0 Å². The van der Waals surface area contributed by atoms with Gasteiger partial charge < -0.3 is 10.0 Å². The van der Waals surface area contributed by atoms with Gasteiger partial charge in [0, 0.05) is 20.0 Å². The standard InChI is InChI=1S/C15H17ClFNO3/c1-18(9-10-3-4-11(16)12(17)7-10)13(19)8-15(14(20)21)5-2-6-15/h3-4,7H,2,5-6,8-9H2,1H3,(H,20,21). The van der Waals surface area contributed by atoms with E-state index in [0.717, 1.165) is 6.42 Å². The van der Waals surface area contributed by atoms with Crippen molar-refractivity contribution in [3.8, 4) is 0 Å². The van der Waals surface area contributed by atoms with E-state index in [2.05, 4.69) is 0 Å². The van der Waals surface area contributed by atoms with E-state index in [1.54, 1.807) is 13.1 Å². The summed E-state index contributed by atoms with van der Waals surface area (Å²) < 4.78 is 13.4. The zero-order chi connectivity index (χ0) is 15.6. The van der Waals surface area contributed by atoms with Crippen molar-refractivity contribution in [2.75, 3.05) is 7.05 Å². The minimum absolute atomic E-state index is 0.00505. The molecular formula is C15H17ClFNO3. The zero-order valence-electron chi connectivity index (χ0n) is 11.7. The van der Waals surface area contributed by atoms with Crippen molar-refractivity contribution < 1.29 is 19.1 Å². The molecule has 1 aromatic rings. The molecule has 114 valence electrons. The summed E-state index contributed by atoms with van der Waals surface area (Å²) in [5.74, 6) is -1.68. The zero-order valence-corrected chi connectivity index (χ0v) is 12.5. The van der Waals surface area contributed by atoms with Gasteiger partial charge in [0.25, 0.3) is 0 Å². The molecule has 0 spiro atoms. The van der Waals surface area contributed by atoms with Crippen LogP contribution in [0.1, 0.15) is 31.2 Å². The molecule has 0 saturated heterocycles. The molecule has 1 aliphatic rings. The molecule has 6 heteroatoms. The number of carbonyl (C=O) groups is 2. The highest BCUT2D eigenvalue weighted by molar-refractivity contribution is 6.30. The molecule has 1 N–H and O–H groups in total. The summed E-state index contributed by atoms with van der Waals surface area (Å²) in [6, 6.07) is 4.36. The molecule has 4 nitrogen and oxygen atoms in total. The summed E-state index contributed by atoms with van der Waals surface area (Å²) in [6.07, 6.45) is 1.91. The largest absolute Gasteiger partial charge is 0.481 e. The minimum Gasteiger partial charge on any atom is -0.481 e. The lowest BCUT2D eigenvalue weighted by Crippen LogP contribution is -2.42. The van der Waals surface area contributed by atoms with Crippen LogP contribution in [0.3, 0.4) is 0 Å². The van der Waals surface area contributed by atoms with Crippen molar-refractivity contribution in [2.24, 2.45) is 5.41 Å². The van der Waals surface area contributed by atoms with E-state index in [1.807, 2.05) is 0 Å². The quantitative estimate of drug-likeness (QED) is 0.909. The van der Waals surface area contributed by atoms with Crippen LogP contribution in [-0.2, 0) is 16.1 Å². The molecule has 2 rings (SSSR count). The molecule has 0 atom stereocenters. The van der Waals surface area contributed by atoms with E-state index in [9.17, 15) is 19.1 Å². The summed E-state index contributed by atoms with van der Waals surface area (Å²) in [5, 5.41) is 9.27. The first-order valence-corrected chi connectivity index (χ1v) is 7.13. The van der Waals surface area contributed by atoms with Crippen LogP contribution in [0.2, 0.25) is 5.02 Å². The van der Waals surface area contributed by atoms with Crippen molar-refractivity contribution in [3.63, 3.8) is 0 Å². The molecule has 1 amide bonds. The second kappa shape index (κ2) is 6.02. The molecular weight excluding hydrogens is 297 g/mol. The highest BCUT2D eigenvalue weighted by Crippen LogP contribution is 2.44. The first-order chi connectivity index (χ1) is 9.84. The number of carboxylic acids is 1. The topological polar surface area (TPSA) is 57.6 Å². The van der Waals surface area contributed by atoms with Crippen LogP contribution < -0.4 is 0 Å². The highest BCUT2D eigenvalue weighted by atomic mass is 35.5. The molecule has 1 saturated carbocycles. The summed E-state index contributed by atoms with van der Waals surface area (Å²) in [5.41, 5.74) is -0.290. The lowest BCUT2D eigenvalue weighted by Gasteiger charge is -2.38. The van der Waals surface area contributed by atoms with Gasteiger partial charge in [-0.25, -0.2) is 4.39 Å². The molecule has 0 heterocycles. The Morgan fingerprint density at radius 3 is 2.57 bits per heavy atom. The van der Waals surface area contributed by atoms with Gasteiger partial charge in [-0.1, -0.05) is 24.1 Å². The maximum absolute atomic E-state index is 13.4.